The van der Waals surface area contributed by atoms with Crippen molar-refractivity contribution in [1.82, 2.24) is 9.97 Å². The number of nitro benzene ring substituents is 1. The fraction of sp³-hybridized carbons (Fsp3) is 0.200. The van der Waals surface area contributed by atoms with E-state index in [1.165, 1.54) is 18.2 Å². The molecule has 2 aromatic carbocycles. The number of fused-ring (bicyclic) bond motifs is 1. The smallest absolute Gasteiger partial charge is 0.338 e. The lowest BCUT2D eigenvalue weighted by atomic mass is 10.2. The standard InChI is InChI=1S/C20H18N4O5/c1-11-4-6-15(24(27)28)9-17(11)23-19(25)10-29-20(26)14-5-7-16-18(8-14)22-13(3)12(2)21-16/h4-9H,10H2,1-3H3,(H,23,25). The van der Waals surface area contributed by atoms with E-state index in [0.29, 0.717) is 16.6 Å². The number of rotatable bonds is 5. The van der Waals surface area contributed by atoms with Crippen LogP contribution in [0.4, 0.5) is 11.4 Å². The Hall–Kier alpha value is -3.88. The number of esters is 1. The molecule has 3 rings (SSSR count). The lowest BCUT2D eigenvalue weighted by Crippen LogP contribution is -2.21. The number of anilines is 1. The van der Waals surface area contributed by atoms with Gasteiger partial charge >= 0.3 is 5.97 Å². The molecule has 9 nitrogen and oxygen atoms in total. The van der Waals surface area contributed by atoms with Crippen molar-refractivity contribution in [3.63, 3.8) is 0 Å². The zero-order valence-electron chi connectivity index (χ0n) is 16.1. The molecule has 0 spiro atoms. The number of aromatic nitrogens is 2. The zero-order valence-corrected chi connectivity index (χ0v) is 16.1. The molecule has 0 aliphatic heterocycles. The van der Waals surface area contributed by atoms with Crippen LogP contribution in [-0.4, -0.2) is 33.4 Å². The maximum atomic E-state index is 12.3. The molecule has 148 valence electrons. The fourth-order valence-corrected chi connectivity index (χ4v) is 2.62. The highest BCUT2D eigenvalue weighted by Gasteiger charge is 2.14. The molecule has 0 atom stereocenters. The van der Waals surface area contributed by atoms with E-state index in [1.54, 1.807) is 25.1 Å². The van der Waals surface area contributed by atoms with Crippen molar-refractivity contribution >= 4 is 34.3 Å². The van der Waals surface area contributed by atoms with Crippen LogP contribution in [0.15, 0.2) is 36.4 Å². The summed E-state index contributed by atoms with van der Waals surface area (Å²) in [5.41, 5.74) is 3.81. The lowest BCUT2D eigenvalue weighted by molar-refractivity contribution is -0.384. The van der Waals surface area contributed by atoms with Crippen LogP contribution in [0, 0.1) is 30.9 Å². The molecule has 1 amide bonds. The number of carbonyl (C=O) groups is 2. The summed E-state index contributed by atoms with van der Waals surface area (Å²) in [6.45, 7) is 4.85. The zero-order chi connectivity index (χ0) is 21.1. The maximum Gasteiger partial charge on any atom is 0.338 e. The second-order valence-corrected chi connectivity index (χ2v) is 6.48. The van der Waals surface area contributed by atoms with E-state index in [0.717, 1.165) is 11.4 Å². The largest absolute Gasteiger partial charge is 0.452 e. The van der Waals surface area contributed by atoms with Gasteiger partial charge in [0.15, 0.2) is 6.61 Å². The van der Waals surface area contributed by atoms with Crippen LogP contribution in [0.1, 0.15) is 27.3 Å². The highest BCUT2D eigenvalue weighted by atomic mass is 16.6. The fourth-order valence-electron chi connectivity index (χ4n) is 2.62. The second-order valence-electron chi connectivity index (χ2n) is 6.48. The maximum absolute atomic E-state index is 12.3. The summed E-state index contributed by atoms with van der Waals surface area (Å²) >= 11 is 0. The van der Waals surface area contributed by atoms with Crippen molar-refractivity contribution < 1.29 is 19.2 Å². The molecule has 0 aliphatic carbocycles. The van der Waals surface area contributed by atoms with Crippen LogP contribution in [0.2, 0.25) is 0 Å². The number of aryl methyl sites for hydroxylation is 3. The van der Waals surface area contributed by atoms with E-state index in [9.17, 15) is 19.7 Å². The summed E-state index contributed by atoms with van der Waals surface area (Å²) < 4.78 is 5.05. The molecule has 0 saturated carbocycles. The second kappa shape index (κ2) is 8.01. The molecule has 1 aromatic heterocycles. The van der Waals surface area contributed by atoms with E-state index < -0.39 is 23.4 Å². The van der Waals surface area contributed by atoms with E-state index in [4.69, 9.17) is 4.74 Å². The first-order valence-corrected chi connectivity index (χ1v) is 8.71. The average molecular weight is 394 g/mol. The van der Waals surface area contributed by atoms with Gasteiger partial charge in [-0.2, -0.15) is 0 Å². The van der Waals surface area contributed by atoms with Crippen LogP contribution in [-0.2, 0) is 9.53 Å². The highest BCUT2D eigenvalue weighted by Crippen LogP contribution is 2.22. The summed E-state index contributed by atoms with van der Waals surface area (Å²) in [5.74, 6) is -1.29. The monoisotopic (exact) mass is 394 g/mol. The molecule has 0 aliphatic rings. The van der Waals surface area contributed by atoms with Crippen LogP contribution in [0.5, 0.6) is 0 Å². The molecule has 0 unspecified atom stereocenters. The number of nitro groups is 1. The van der Waals surface area contributed by atoms with E-state index in [-0.39, 0.29) is 16.9 Å². The van der Waals surface area contributed by atoms with Crippen molar-refractivity contribution in [3.05, 3.63) is 69.0 Å². The third-order valence-electron chi connectivity index (χ3n) is 4.35. The topological polar surface area (TPSA) is 124 Å². The molecular weight excluding hydrogens is 376 g/mol. The van der Waals surface area contributed by atoms with Crippen LogP contribution in [0.25, 0.3) is 11.0 Å². The number of nitrogens with zero attached hydrogens (tertiary/aromatic N) is 3. The minimum atomic E-state index is -0.683. The van der Waals surface area contributed by atoms with Gasteiger partial charge in [-0.05, 0) is 44.5 Å². The Morgan fingerprint density at radius 1 is 1.03 bits per heavy atom. The van der Waals surface area contributed by atoms with Crippen molar-refractivity contribution in [3.8, 4) is 0 Å². The molecular formula is C20H18N4O5. The van der Waals surface area contributed by atoms with Gasteiger partial charge < -0.3 is 10.1 Å². The molecule has 0 fully saturated rings. The number of hydrogen-bond acceptors (Lipinski definition) is 7. The average Bonchev–Trinajstić information content (AvgIpc) is 2.68. The summed E-state index contributed by atoms with van der Waals surface area (Å²) in [4.78, 5) is 43.5. The Labute approximate surface area is 165 Å². The van der Waals surface area contributed by atoms with Gasteiger partial charge in [0.2, 0.25) is 0 Å². The van der Waals surface area contributed by atoms with Crippen LogP contribution in [0.3, 0.4) is 0 Å². The van der Waals surface area contributed by atoms with Crippen LogP contribution >= 0.6 is 0 Å². The molecule has 1 heterocycles. The van der Waals surface area contributed by atoms with Gasteiger partial charge in [-0.3, -0.25) is 14.9 Å². The van der Waals surface area contributed by atoms with Gasteiger partial charge in [0, 0.05) is 12.1 Å². The van der Waals surface area contributed by atoms with Gasteiger partial charge in [-0.1, -0.05) is 6.07 Å². The van der Waals surface area contributed by atoms with E-state index in [1.807, 2.05) is 13.8 Å². The van der Waals surface area contributed by atoms with Crippen molar-refractivity contribution in [1.29, 1.82) is 0 Å². The van der Waals surface area contributed by atoms with Crippen molar-refractivity contribution in [2.24, 2.45) is 0 Å². The predicted octanol–water partition coefficient (Wildman–Crippen LogP) is 3.26. The van der Waals surface area contributed by atoms with Crippen molar-refractivity contribution in [2.75, 3.05) is 11.9 Å². The van der Waals surface area contributed by atoms with Gasteiger partial charge in [0.05, 0.1) is 38.6 Å². The first-order chi connectivity index (χ1) is 13.7. The van der Waals surface area contributed by atoms with Crippen LogP contribution < -0.4 is 5.32 Å². The number of ether oxygens (including phenoxy) is 1. The number of nitrogens with one attached hydrogen (secondary N) is 1. The minimum absolute atomic E-state index is 0.148. The first-order valence-electron chi connectivity index (χ1n) is 8.71. The molecule has 0 radical (unpaired) electrons. The third-order valence-corrected chi connectivity index (χ3v) is 4.35. The molecule has 1 N–H and O–H groups in total. The quantitative estimate of drug-likeness (QED) is 0.400. The predicted molar refractivity (Wildman–Crippen MR) is 106 cm³/mol. The number of non-ortho nitro benzene ring substituents is 1. The van der Waals surface area contributed by atoms with Gasteiger partial charge in [0.25, 0.3) is 11.6 Å². The first kappa shape index (κ1) is 19.9. The SMILES string of the molecule is Cc1ccc([N+](=O)[O-])cc1NC(=O)COC(=O)c1ccc2nc(C)c(C)nc2c1. The van der Waals surface area contributed by atoms with Gasteiger partial charge in [-0.25, -0.2) is 14.8 Å². The Balaban J connectivity index is 1.67. The lowest BCUT2D eigenvalue weighted by Gasteiger charge is -2.09. The number of benzene rings is 2. The number of hydrogen-bond donors (Lipinski definition) is 1. The Morgan fingerprint density at radius 2 is 1.72 bits per heavy atom. The number of carbonyl (C=O) groups excluding carboxylic acids is 2. The Morgan fingerprint density at radius 3 is 2.41 bits per heavy atom. The van der Waals surface area contributed by atoms with E-state index in [2.05, 4.69) is 15.3 Å². The van der Waals surface area contributed by atoms with Gasteiger partial charge in [-0.15, -0.1) is 0 Å². The minimum Gasteiger partial charge on any atom is -0.452 e. The summed E-state index contributed by atoms with van der Waals surface area (Å²) in [6, 6.07) is 8.89. The molecule has 0 saturated heterocycles. The molecule has 9 heteroatoms. The van der Waals surface area contributed by atoms with E-state index >= 15 is 0 Å². The van der Waals surface area contributed by atoms with Crippen molar-refractivity contribution in [2.45, 2.75) is 20.8 Å². The normalized spacial score (nSPS) is 10.6. The highest BCUT2D eigenvalue weighted by molar-refractivity contribution is 5.97. The summed E-state index contributed by atoms with van der Waals surface area (Å²) in [6.07, 6.45) is 0. The van der Waals surface area contributed by atoms with Gasteiger partial charge in [0.1, 0.15) is 0 Å². The Kier molecular flexibility index (Phi) is 5.49. The molecule has 3 aromatic rings. The third kappa shape index (κ3) is 4.52. The molecule has 29 heavy (non-hydrogen) atoms. The Bertz CT molecular complexity index is 1140. The summed E-state index contributed by atoms with van der Waals surface area (Å²) in [5, 5.41) is 13.4. The number of amides is 1. The molecule has 0 bridgehead atoms. The summed E-state index contributed by atoms with van der Waals surface area (Å²) in [7, 11) is 0.